The van der Waals surface area contributed by atoms with E-state index in [1.165, 1.54) is 5.56 Å². The van der Waals surface area contributed by atoms with E-state index in [1.807, 2.05) is 19.9 Å². The average molecular weight is 274 g/mol. The Morgan fingerprint density at radius 2 is 2.15 bits per heavy atom. The third-order valence-corrected chi connectivity index (χ3v) is 4.30. The summed E-state index contributed by atoms with van der Waals surface area (Å²) in [6, 6.07) is 6.13. The quantitative estimate of drug-likeness (QED) is 0.878. The van der Waals surface area contributed by atoms with Crippen LogP contribution in [0.3, 0.4) is 0 Å². The van der Waals surface area contributed by atoms with Crippen molar-refractivity contribution in [3.8, 4) is 0 Å². The second-order valence-corrected chi connectivity index (χ2v) is 5.94. The van der Waals surface area contributed by atoms with Gasteiger partial charge in [-0.15, -0.1) is 0 Å². The van der Waals surface area contributed by atoms with Crippen LogP contribution in [0.5, 0.6) is 0 Å². The Kier molecular flexibility index (Phi) is 3.84. The number of rotatable bonds is 5. The summed E-state index contributed by atoms with van der Waals surface area (Å²) >= 11 is 0. The Bertz CT molecular complexity index is 630. The summed E-state index contributed by atoms with van der Waals surface area (Å²) < 4.78 is 0. The van der Waals surface area contributed by atoms with Crippen molar-refractivity contribution >= 4 is 17.0 Å². The summed E-state index contributed by atoms with van der Waals surface area (Å²) in [6.07, 6.45) is 1.39. The third-order valence-electron chi connectivity index (χ3n) is 4.30. The van der Waals surface area contributed by atoms with Crippen LogP contribution in [0.25, 0.3) is 11.0 Å². The van der Waals surface area contributed by atoms with Crippen LogP contribution >= 0.6 is 0 Å². The molecule has 0 saturated heterocycles. The Labute approximate surface area is 119 Å². The van der Waals surface area contributed by atoms with Crippen LogP contribution in [0.2, 0.25) is 0 Å². The number of aliphatic carboxylic acids is 1. The number of H-pyrrole nitrogens is 1. The number of nitrogens with zero attached hydrogens (tertiary/aromatic N) is 1. The van der Waals surface area contributed by atoms with Crippen molar-refractivity contribution in [2.75, 3.05) is 0 Å². The standard InChI is InChI=1S/C16H22N2O2/c1-5-11-6-7-12-13(8-11)18-14(17-12)9-16(4,10(2)3)15(19)20/h6-8,10H,5,9H2,1-4H3,(H,17,18)(H,19,20). The zero-order chi connectivity index (χ0) is 14.9. The maximum Gasteiger partial charge on any atom is 0.310 e. The highest BCUT2D eigenvalue weighted by atomic mass is 16.4. The first kappa shape index (κ1) is 14.6. The summed E-state index contributed by atoms with van der Waals surface area (Å²) in [4.78, 5) is 19.3. The van der Waals surface area contributed by atoms with Crippen LogP contribution in [0, 0.1) is 11.3 Å². The largest absolute Gasteiger partial charge is 0.481 e. The molecule has 0 aliphatic carbocycles. The summed E-state index contributed by atoms with van der Waals surface area (Å²) in [7, 11) is 0. The van der Waals surface area contributed by atoms with Gasteiger partial charge in [0.15, 0.2) is 0 Å². The molecule has 0 radical (unpaired) electrons. The molecule has 2 aromatic rings. The first-order valence-electron chi connectivity index (χ1n) is 7.07. The van der Waals surface area contributed by atoms with Crippen LogP contribution in [0.4, 0.5) is 0 Å². The first-order valence-corrected chi connectivity index (χ1v) is 7.07. The van der Waals surface area contributed by atoms with Gasteiger partial charge in [-0.1, -0.05) is 26.8 Å². The molecule has 0 fully saturated rings. The van der Waals surface area contributed by atoms with Gasteiger partial charge in [-0.2, -0.15) is 0 Å². The number of aryl methyl sites for hydroxylation is 1. The van der Waals surface area contributed by atoms with E-state index < -0.39 is 11.4 Å². The molecule has 0 spiro atoms. The Morgan fingerprint density at radius 1 is 1.45 bits per heavy atom. The number of hydrogen-bond acceptors (Lipinski definition) is 2. The van der Waals surface area contributed by atoms with Gasteiger partial charge in [0.25, 0.3) is 0 Å². The lowest BCUT2D eigenvalue weighted by molar-refractivity contribution is -0.150. The molecule has 0 amide bonds. The van der Waals surface area contributed by atoms with Crippen LogP contribution in [0.1, 0.15) is 39.1 Å². The minimum Gasteiger partial charge on any atom is -0.481 e. The minimum absolute atomic E-state index is 0.0411. The molecule has 0 aliphatic heterocycles. The second kappa shape index (κ2) is 5.27. The van der Waals surface area contributed by atoms with Gasteiger partial charge in [-0.25, -0.2) is 4.98 Å². The molecule has 4 heteroatoms. The molecule has 1 aromatic heterocycles. The lowest BCUT2D eigenvalue weighted by Crippen LogP contribution is -2.35. The SMILES string of the molecule is CCc1ccc2nc(CC(C)(C(=O)O)C(C)C)[nH]c2c1. The smallest absolute Gasteiger partial charge is 0.310 e. The van der Waals surface area contributed by atoms with Crippen LogP contribution < -0.4 is 0 Å². The van der Waals surface area contributed by atoms with Crippen LogP contribution in [-0.4, -0.2) is 21.0 Å². The molecule has 2 N–H and O–H groups in total. The maximum atomic E-state index is 11.5. The Morgan fingerprint density at radius 3 is 2.70 bits per heavy atom. The Hall–Kier alpha value is -1.84. The molecule has 0 aliphatic rings. The maximum absolute atomic E-state index is 11.5. The molecule has 4 nitrogen and oxygen atoms in total. The van der Waals surface area contributed by atoms with Crippen molar-refractivity contribution in [1.29, 1.82) is 0 Å². The monoisotopic (exact) mass is 274 g/mol. The molecule has 1 unspecified atom stereocenters. The molecule has 20 heavy (non-hydrogen) atoms. The first-order chi connectivity index (χ1) is 9.36. The van der Waals surface area contributed by atoms with Gasteiger partial charge in [0.2, 0.25) is 0 Å². The molecule has 0 saturated carbocycles. The predicted molar refractivity (Wildman–Crippen MR) is 79.8 cm³/mol. The molecular formula is C16H22N2O2. The van der Waals surface area contributed by atoms with Crippen molar-refractivity contribution in [2.24, 2.45) is 11.3 Å². The van der Waals surface area contributed by atoms with E-state index in [9.17, 15) is 9.90 Å². The van der Waals surface area contributed by atoms with E-state index in [-0.39, 0.29) is 5.92 Å². The van der Waals surface area contributed by atoms with Crippen molar-refractivity contribution in [3.63, 3.8) is 0 Å². The highest BCUT2D eigenvalue weighted by Crippen LogP contribution is 2.31. The lowest BCUT2D eigenvalue weighted by Gasteiger charge is -2.27. The van der Waals surface area contributed by atoms with Crippen molar-refractivity contribution in [1.82, 2.24) is 9.97 Å². The van der Waals surface area contributed by atoms with Crippen LogP contribution in [0.15, 0.2) is 18.2 Å². The van der Waals surface area contributed by atoms with Gasteiger partial charge in [-0.3, -0.25) is 4.79 Å². The van der Waals surface area contributed by atoms with Crippen LogP contribution in [-0.2, 0) is 17.6 Å². The van der Waals surface area contributed by atoms with Crippen molar-refractivity contribution in [2.45, 2.75) is 40.5 Å². The number of imidazole rings is 1. The molecule has 1 aromatic carbocycles. The fourth-order valence-electron chi connectivity index (χ4n) is 2.29. The van der Waals surface area contributed by atoms with E-state index in [2.05, 4.69) is 29.0 Å². The lowest BCUT2D eigenvalue weighted by atomic mass is 9.76. The number of carboxylic acid groups (broad SMARTS) is 1. The second-order valence-electron chi connectivity index (χ2n) is 5.94. The van der Waals surface area contributed by atoms with E-state index in [0.717, 1.165) is 23.3 Å². The number of carbonyl (C=O) groups is 1. The van der Waals surface area contributed by atoms with E-state index in [1.54, 1.807) is 6.92 Å². The van der Waals surface area contributed by atoms with E-state index >= 15 is 0 Å². The number of nitrogens with one attached hydrogen (secondary N) is 1. The fourth-order valence-corrected chi connectivity index (χ4v) is 2.29. The molecule has 108 valence electrons. The van der Waals surface area contributed by atoms with Crippen molar-refractivity contribution < 1.29 is 9.90 Å². The third kappa shape index (κ3) is 2.55. The number of carboxylic acids is 1. The predicted octanol–water partition coefficient (Wildman–Crippen LogP) is 3.41. The number of benzene rings is 1. The topological polar surface area (TPSA) is 66.0 Å². The summed E-state index contributed by atoms with van der Waals surface area (Å²) in [5.41, 5.74) is 2.32. The summed E-state index contributed by atoms with van der Waals surface area (Å²) in [5, 5.41) is 9.48. The molecule has 1 heterocycles. The zero-order valence-corrected chi connectivity index (χ0v) is 12.5. The van der Waals surface area contributed by atoms with E-state index in [4.69, 9.17) is 0 Å². The normalized spacial score (nSPS) is 14.7. The number of hydrogen-bond donors (Lipinski definition) is 2. The number of aromatic nitrogens is 2. The molecular weight excluding hydrogens is 252 g/mol. The van der Waals surface area contributed by atoms with Gasteiger partial charge in [0, 0.05) is 6.42 Å². The van der Waals surface area contributed by atoms with Crippen molar-refractivity contribution in [3.05, 3.63) is 29.6 Å². The molecule has 0 bridgehead atoms. The van der Waals surface area contributed by atoms with Gasteiger partial charge in [-0.05, 0) is 37.0 Å². The summed E-state index contributed by atoms with van der Waals surface area (Å²) in [6.45, 7) is 7.77. The van der Waals surface area contributed by atoms with Gasteiger partial charge in [0.05, 0.1) is 16.4 Å². The van der Waals surface area contributed by atoms with E-state index in [0.29, 0.717) is 6.42 Å². The Balaban J connectivity index is 2.36. The van der Waals surface area contributed by atoms with Gasteiger partial charge >= 0.3 is 5.97 Å². The van der Waals surface area contributed by atoms with Gasteiger partial charge in [0.1, 0.15) is 5.82 Å². The fraction of sp³-hybridized carbons (Fsp3) is 0.500. The highest BCUT2D eigenvalue weighted by Gasteiger charge is 2.37. The highest BCUT2D eigenvalue weighted by molar-refractivity contribution is 5.77. The zero-order valence-electron chi connectivity index (χ0n) is 12.5. The number of aromatic amines is 1. The average Bonchev–Trinajstić information content (AvgIpc) is 2.78. The number of fused-ring (bicyclic) bond motifs is 1. The minimum atomic E-state index is -0.804. The summed E-state index contributed by atoms with van der Waals surface area (Å²) in [5.74, 6) is 0.00784. The van der Waals surface area contributed by atoms with Gasteiger partial charge < -0.3 is 10.1 Å². The molecule has 1 atom stereocenters. The molecule has 2 rings (SSSR count).